The fourth-order valence-electron chi connectivity index (χ4n) is 5.73. The Hall–Kier alpha value is -3.88. The topological polar surface area (TPSA) is 117 Å². The molecule has 0 radical (unpaired) electrons. The largest absolute Gasteiger partial charge is 0.508 e. The van der Waals surface area contributed by atoms with E-state index in [1.165, 1.54) is 0 Å². The molecule has 2 fully saturated rings. The maximum atomic E-state index is 12.3. The molecule has 0 spiro atoms. The summed E-state index contributed by atoms with van der Waals surface area (Å²) < 4.78 is 0. The fourth-order valence-corrected chi connectivity index (χ4v) is 5.73. The molecule has 2 heterocycles. The number of hydrogen-bond acceptors (Lipinski definition) is 6. The Morgan fingerprint density at radius 1 is 0.816 bits per heavy atom. The first-order chi connectivity index (χ1) is 18.4. The summed E-state index contributed by atoms with van der Waals surface area (Å²) in [7, 11) is 0. The number of phenolic OH excluding ortho intramolecular Hbond substituents is 1. The van der Waals surface area contributed by atoms with Crippen LogP contribution in [0.5, 0.6) is 5.75 Å². The number of carboxylic acid groups (broad SMARTS) is 1. The summed E-state index contributed by atoms with van der Waals surface area (Å²) in [6, 6.07) is 22.4. The number of nitrogen functional groups attached to an aromatic ring is 1. The zero-order valence-corrected chi connectivity index (χ0v) is 21.5. The van der Waals surface area contributed by atoms with Crippen LogP contribution < -0.4 is 10.6 Å². The highest BCUT2D eigenvalue weighted by Gasteiger charge is 2.33. The molecular weight excluding hydrogens is 478 g/mol. The van der Waals surface area contributed by atoms with E-state index >= 15 is 0 Å². The third-order valence-corrected chi connectivity index (χ3v) is 7.90. The van der Waals surface area contributed by atoms with Crippen molar-refractivity contribution in [2.45, 2.75) is 24.9 Å². The normalized spacial score (nSPS) is 18.3. The summed E-state index contributed by atoms with van der Waals surface area (Å²) in [4.78, 5) is 19.3. The molecule has 8 heteroatoms. The second-order valence-corrected chi connectivity index (χ2v) is 10.2. The van der Waals surface area contributed by atoms with Crippen molar-refractivity contribution in [1.29, 1.82) is 5.41 Å². The molecule has 2 saturated heterocycles. The van der Waals surface area contributed by atoms with Gasteiger partial charge in [-0.3, -0.25) is 20.0 Å². The van der Waals surface area contributed by atoms with E-state index in [1.807, 2.05) is 60.7 Å². The number of hydrogen-bond donors (Lipinski definition) is 4. The quantitative estimate of drug-likeness (QED) is 0.281. The highest BCUT2D eigenvalue weighted by molar-refractivity contribution is 5.95. The van der Waals surface area contributed by atoms with E-state index in [1.54, 1.807) is 12.1 Å². The zero-order chi connectivity index (χ0) is 26.6. The number of phenols is 1. The maximum Gasteiger partial charge on any atom is 0.325 e. The van der Waals surface area contributed by atoms with Crippen LogP contribution in [-0.4, -0.2) is 77.1 Å². The number of anilines is 1. The van der Waals surface area contributed by atoms with Crippen LogP contribution >= 0.6 is 0 Å². The summed E-state index contributed by atoms with van der Waals surface area (Å²) in [5.74, 6) is -0.504. The molecule has 3 aromatic carbocycles. The van der Waals surface area contributed by atoms with Crippen molar-refractivity contribution in [1.82, 2.24) is 9.80 Å². The number of piperazine rings is 1. The third kappa shape index (κ3) is 5.66. The van der Waals surface area contributed by atoms with Gasteiger partial charge in [0.1, 0.15) is 17.6 Å². The Morgan fingerprint density at radius 3 is 1.89 bits per heavy atom. The number of nitrogens with one attached hydrogen (secondary N) is 1. The zero-order valence-electron chi connectivity index (χ0n) is 21.5. The standard InChI is InChI=1S/C30H35N5O3/c31-29(32)24-5-9-25(10-6-24)33-17-19-34(20-18-33)26-13-15-35(16-14-26)28(30(37)38)23-3-1-21(2-4-23)22-7-11-27(36)12-8-22/h1-12,26,28,36H,13-20H2,(H3,31,32)(H,37,38). The summed E-state index contributed by atoms with van der Waals surface area (Å²) >= 11 is 0. The molecule has 8 nitrogen and oxygen atoms in total. The van der Waals surface area contributed by atoms with Gasteiger partial charge >= 0.3 is 5.97 Å². The number of amidine groups is 1. The Morgan fingerprint density at radius 2 is 1.37 bits per heavy atom. The van der Waals surface area contributed by atoms with Gasteiger partial charge in [-0.25, -0.2) is 0 Å². The molecule has 2 aliphatic rings. The first-order valence-electron chi connectivity index (χ1n) is 13.2. The number of rotatable bonds is 7. The minimum atomic E-state index is -0.815. The summed E-state index contributed by atoms with van der Waals surface area (Å²) in [6.45, 7) is 5.39. The number of aromatic hydroxyl groups is 1. The smallest absolute Gasteiger partial charge is 0.325 e. The Balaban J connectivity index is 1.16. The van der Waals surface area contributed by atoms with Crippen molar-refractivity contribution in [2.24, 2.45) is 5.73 Å². The lowest BCUT2D eigenvalue weighted by atomic mass is 9.96. The van der Waals surface area contributed by atoms with E-state index in [0.717, 1.165) is 80.1 Å². The molecule has 5 N–H and O–H groups in total. The van der Waals surface area contributed by atoms with Crippen molar-refractivity contribution in [2.75, 3.05) is 44.2 Å². The first-order valence-corrected chi connectivity index (χ1v) is 13.2. The number of nitrogens with zero attached hydrogens (tertiary/aromatic N) is 3. The van der Waals surface area contributed by atoms with Crippen LogP contribution in [0.4, 0.5) is 5.69 Å². The van der Waals surface area contributed by atoms with Gasteiger partial charge in [0.2, 0.25) is 0 Å². The van der Waals surface area contributed by atoms with E-state index in [0.29, 0.717) is 6.04 Å². The van der Waals surface area contributed by atoms with Crippen LogP contribution in [0.25, 0.3) is 11.1 Å². The molecule has 2 aliphatic heterocycles. The lowest BCUT2D eigenvalue weighted by molar-refractivity contribution is -0.144. The fraction of sp³-hybridized carbons (Fsp3) is 0.333. The molecule has 5 rings (SSSR count). The highest BCUT2D eigenvalue weighted by Crippen LogP contribution is 2.30. The van der Waals surface area contributed by atoms with Gasteiger partial charge in [0, 0.05) is 56.6 Å². The second-order valence-electron chi connectivity index (χ2n) is 10.2. The number of benzene rings is 3. The molecule has 0 amide bonds. The van der Waals surface area contributed by atoms with Crippen LogP contribution in [0.15, 0.2) is 72.8 Å². The van der Waals surface area contributed by atoms with E-state index < -0.39 is 12.0 Å². The number of carboxylic acids is 1. The lowest BCUT2D eigenvalue weighted by Gasteiger charge is -2.44. The summed E-state index contributed by atoms with van der Waals surface area (Å²) in [5, 5.41) is 27.2. The monoisotopic (exact) mass is 513 g/mol. The number of aliphatic carboxylic acids is 1. The van der Waals surface area contributed by atoms with Crippen molar-refractivity contribution < 1.29 is 15.0 Å². The Kier molecular flexibility index (Phi) is 7.62. The van der Waals surface area contributed by atoms with Crippen LogP contribution in [-0.2, 0) is 4.79 Å². The molecule has 38 heavy (non-hydrogen) atoms. The van der Waals surface area contributed by atoms with Gasteiger partial charge in [0.05, 0.1) is 0 Å². The van der Waals surface area contributed by atoms with Crippen molar-refractivity contribution >= 4 is 17.5 Å². The SMILES string of the molecule is N=C(N)c1ccc(N2CCN(C3CCN(C(C(=O)O)c4ccc(-c5ccc(O)cc5)cc4)CC3)CC2)cc1. The molecule has 1 unspecified atom stereocenters. The van der Waals surface area contributed by atoms with E-state index in [4.69, 9.17) is 11.1 Å². The number of piperidine rings is 1. The average molecular weight is 514 g/mol. The molecular formula is C30H35N5O3. The minimum Gasteiger partial charge on any atom is -0.508 e. The van der Waals surface area contributed by atoms with Gasteiger partial charge in [-0.1, -0.05) is 36.4 Å². The van der Waals surface area contributed by atoms with Gasteiger partial charge in [0.15, 0.2) is 0 Å². The van der Waals surface area contributed by atoms with Gasteiger partial charge in [-0.2, -0.15) is 0 Å². The Bertz CT molecular complexity index is 1240. The average Bonchev–Trinajstić information content (AvgIpc) is 2.94. The second kappa shape index (κ2) is 11.2. The minimum absolute atomic E-state index is 0.0870. The van der Waals surface area contributed by atoms with Gasteiger partial charge < -0.3 is 20.8 Å². The number of carbonyl (C=O) groups is 1. The lowest BCUT2D eigenvalue weighted by Crippen LogP contribution is -2.54. The van der Waals surface area contributed by atoms with Crippen molar-refractivity contribution in [3.63, 3.8) is 0 Å². The van der Waals surface area contributed by atoms with Crippen molar-refractivity contribution in [3.05, 3.63) is 83.9 Å². The highest BCUT2D eigenvalue weighted by atomic mass is 16.4. The maximum absolute atomic E-state index is 12.3. The van der Waals surface area contributed by atoms with Gasteiger partial charge in [0.25, 0.3) is 0 Å². The van der Waals surface area contributed by atoms with Gasteiger partial charge in [-0.15, -0.1) is 0 Å². The van der Waals surface area contributed by atoms with Crippen molar-refractivity contribution in [3.8, 4) is 16.9 Å². The molecule has 0 aliphatic carbocycles. The number of likely N-dealkylation sites (tertiary alicyclic amines) is 1. The van der Waals surface area contributed by atoms with Crippen LogP contribution in [0.2, 0.25) is 0 Å². The van der Waals surface area contributed by atoms with E-state index in [2.05, 4.69) is 14.7 Å². The molecule has 0 aromatic heterocycles. The van der Waals surface area contributed by atoms with E-state index in [9.17, 15) is 15.0 Å². The van der Waals surface area contributed by atoms with Crippen LogP contribution in [0, 0.1) is 5.41 Å². The predicted octanol–water partition coefficient (Wildman–Crippen LogP) is 3.76. The summed E-state index contributed by atoms with van der Waals surface area (Å²) in [5.41, 5.74) is 10.2. The predicted molar refractivity (Wildman–Crippen MR) is 150 cm³/mol. The number of nitrogens with two attached hydrogens (primary N) is 1. The van der Waals surface area contributed by atoms with E-state index in [-0.39, 0.29) is 11.6 Å². The molecule has 198 valence electrons. The molecule has 0 saturated carbocycles. The van der Waals surface area contributed by atoms with Crippen LogP contribution in [0.3, 0.4) is 0 Å². The molecule has 0 bridgehead atoms. The third-order valence-electron chi connectivity index (χ3n) is 7.90. The first kappa shape index (κ1) is 25.8. The van der Waals surface area contributed by atoms with Crippen LogP contribution in [0.1, 0.15) is 30.0 Å². The Labute approximate surface area is 223 Å². The summed E-state index contributed by atoms with van der Waals surface area (Å²) in [6.07, 6.45) is 1.92. The molecule has 3 aromatic rings. The molecule has 1 atom stereocenters. The van der Waals surface area contributed by atoms with Gasteiger partial charge in [-0.05, 0) is 65.9 Å².